The Bertz CT molecular complexity index is 722. The summed E-state index contributed by atoms with van der Waals surface area (Å²) in [6.45, 7) is 0. The Morgan fingerprint density at radius 3 is 2.74 bits per heavy atom. The van der Waals surface area contributed by atoms with E-state index in [0.29, 0.717) is 17.1 Å². The predicted octanol–water partition coefficient (Wildman–Crippen LogP) is 2.77. The van der Waals surface area contributed by atoms with Crippen LogP contribution in [0.15, 0.2) is 22.7 Å². The van der Waals surface area contributed by atoms with Crippen molar-refractivity contribution in [3.8, 4) is 17.2 Å². The number of methoxy groups -OCH3 is 1. The molecule has 1 aromatic heterocycles. The summed E-state index contributed by atoms with van der Waals surface area (Å²) in [7, 11) is 1.44. The number of nitro benzene ring substituents is 1. The Morgan fingerprint density at radius 1 is 1.35 bits per heavy atom. The Hall–Kier alpha value is -2.48. The average molecular weight is 318 g/mol. The summed E-state index contributed by atoms with van der Waals surface area (Å²) in [5.74, 6) is 1.04. The summed E-state index contributed by atoms with van der Waals surface area (Å²) in [6.07, 6.45) is 4.90. The molecule has 1 heterocycles. The molecular weight excluding hydrogens is 300 g/mol. The van der Waals surface area contributed by atoms with Gasteiger partial charge in [-0.1, -0.05) is 24.4 Å². The van der Waals surface area contributed by atoms with E-state index < -0.39 is 10.5 Å². The Morgan fingerprint density at radius 2 is 2.09 bits per heavy atom. The zero-order valence-electron chi connectivity index (χ0n) is 12.8. The second kappa shape index (κ2) is 5.96. The third-order valence-corrected chi connectivity index (χ3v) is 4.24. The first-order valence-electron chi connectivity index (χ1n) is 7.49. The van der Waals surface area contributed by atoms with E-state index in [9.17, 15) is 10.1 Å². The number of aromatic nitrogens is 2. The van der Waals surface area contributed by atoms with Gasteiger partial charge in [-0.2, -0.15) is 4.98 Å². The maximum absolute atomic E-state index is 10.9. The topological polar surface area (TPSA) is 117 Å². The molecule has 2 aromatic rings. The summed E-state index contributed by atoms with van der Waals surface area (Å²) < 4.78 is 10.5. The van der Waals surface area contributed by atoms with Gasteiger partial charge in [-0.05, 0) is 18.9 Å². The van der Waals surface area contributed by atoms with E-state index in [1.807, 2.05) is 0 Å². The number of hydrogen-bond donors (Lipinski definition) is 1. The van der Waals surface area contributed by atoms with Gasteiger partial charge in [0.25, 0.3) is 11.6 Å². The summed E-state index contributed by atoms with van der Waals surface area (Å²) in [4.78, 5) is 14.8. The highest BCUT2D eigenvalue weighted by Crippen LogP contribution is 2.36. The fraction of sp³-hybridized carbons (Fsp3) is 0.467. The van der Waals surface area contributed by atoms with Crippen molar-refractivity contribution < 1.29 is 14.2 Å². The molecule has 0 bridgehead atoms. The molecule has 2 N–H and O–H groups in total. The molecular formula is C15H18N4O4. The number of ether oxygens (including phenoxy) is 1. The van der Waals surface area contributed by atoms with Crippen LogP contribution in [0.2, 0.25) is 0 Å². The molecule has 8 heteroatoms. The molecule has 3 rings (SSSR count). The number of rotatable bonds is 4. The second-order valence-corrected chi connectivity index (χ2v) is 5.78. The van der Waals surface area contributed by atoms with Crippen LogP contribution in [-0.4, -0.2) is 22.2 Å². The highest BCUT2D eigenvalue weighted by Gasteiger charge is 2.34. The van der Waals surface area contributed by atoms with Gasteiger partial charge in [0, 0.05) is 6.07 Å². The van der Waals surface area contributed by atoms with Crippen LogP contribution < -0.4 is 10.5 Å². The molecule has 0 atom stereocenters. The third-order valence-electron chi connectivity index (χ3n) is 4.24. The predicted molar refractivity (Wildman–Crippen MR) is 81.9 cm³/mol. The van der Waals surface area contributed by atoms with Gasteiger partial charge in [0.15, 0.2) is 5.82 Å². The SMILES string of the molecule is COc1cc([N+](=O)[O-])ccc1-c1nc(C2(N)CCCCC2)no1. The summed E-state index contributed by atoms with van der Waals surface area (Å²) in [6, 6.07) is 4.25. The van der Waals surface area contributed by atoms with E-state index in [1.54, 1.807) is 6.07 Å². The van der Waals surface area contributed by atoms with Gasteiger partial charge >= 0.3 is 0 Å². The van der Waals surface area contributed by atoms with Crippen LogP contribution in [0.4, 0.5) is 5.69 Å². The molecule has 8 nitrogen and oxygen atoms in total. The van der Waals surface area contributed by atoms with Gasteiger partial charge < -0.3 is 15.0 Å². The van der Waals surface area contributed by atoms with Gasteiger partial charge in [0.1, 0.15) is 5.75 Å². The van der Waals surface area contributed by atoms with Crippen LogP contribution in [0.25, 0.3) is 11.5 Å². The molecule has 1 aliphatic carbocycles. The van der Waals surface area contributed by atoms with E-state index in [0.717, 1.165) is 25.7 Å². The highest BCUT2D eigenvalue weighted by molar-refractivity contribution is 5.65. The Balaban J connectivity index is 1.95. The highest BCUT2D eigenvalue weighted by atomic mass is 16.6. The zero-order chi connectivity index (χ0) is 16.4. The first-order valence-corrected chi connectivity index (χ1v) is 7.49. The largest absolute Gasteiger partial charge is 0.496 e. The maximum atomic E-state index is 10.9. The number of benzene rings is 1. The summed E-state index contributed by atoms with van der Waals surface area (Å²) >= 11 is 0. The van der Waals surface area contributed by atoms with Crippen molar-refractivity contribution in [2.24, 2.45) is 5.73 Å². The Kier molecular flexibility index (Phi) is 3.99. The van der Waals surface area contributed by atoms with E-state index in [1.165, 1.54) is 25.7 Å². The van der Waals surface area contributed by atoms with Crippen LogP contribution in [-0.2, 0) is 5.54 Å². The normalized spacial score (nSPS) is 17.0. The van der Waals surface area contributed by atoms with E-state index in [-0.39, 0.29) is 11.6 Å². The van der Waals surface area contributed by atoms with Crippen molar-refractivity contribution in [1.29, 1.82) is 0 Å². The number of nitrogens with zero attached hydrogens (tertiary/aromatic N) is 3. The van der Waals surface area contributed by atoms with Crippen molar-refractivity contribution in [3.05, 3.63) is 34.1 Å². The molecule has 0 aliphatic heterocycles. The fourth-order valence-corrected chi connectivity index (χ4v) is 2.91. The molecule has 1 aromatic carbocycles. The minimum Gasteiger partial charge on any atom is -0.496 e. The lowest BCUT2D eigenvalue weighted by Gasteiger charge is -2.29. The second-order valence-electron chi connectivity index (χ2n) is 5.78. The summed E-state index contributed by atoms with van der Waals surface area (Å²) in [5.41, 5.74) is 6.29. The average Bonchev–Trinajstić information content (AvgIpc) is 3.05. The van der Waals surface area contributed by atoms with Gasteiger partial charge in [-0.25, -0.2) is 0 Å². The molecule has 0 unspecified atom stereocenters. The van der Waals surface area contributed by atoms with Crippen molar-refractivity contribution in [3.63, 3.8) is 0 Å². The lowest BCUT2D eigenvalue weighted by atomic mass is 9.82. The monoisotopic (exact) mass is 318 g/mol. The molecule has 1 fully saturated rings. The molecule has 0 radical (unpaired) electrons. The van der Waals surface area contributed by atoms with Crippen LogP contribution in [0.5, 0.6) is 5.75 Å². The Labute approximate surface area is 132 Å². The lowest BCUT2D eigenvalue weighted by Crippen LogP contribution is -2.39. The van der Waals surface area contributed by atoms with E-state index in [2.05, 4.69) is 10.1 Å². The first-order chi connectivity index (χ1) is 11.0. The molecule has 122 valence electrons. The summed E-state index contributed by atoms with van der Waals surface area (Å²) in [5, 5.41) is 14.9. The van der Waals surface area contributed by atoms with Crippen LogP contribution in [0.1, 0.15) is 37.9 Å². The van der Waals surface area contributed by atoms with E-state index in [4.69, 9.17) is 15.0 Å². The minimum absolute atomic E-state index is 0.0621. The fourth-order valence-electron chi connectivity index (χ4n) is 2.91. The number of nitro groups is 1. The number of non-ortho nitro benzene ring substituents is 1. The van der Waals surface area contributed by atoms with Crippen molar-refractivity contribution in [2.45, 2.75) is 37.6 Å². The van der Waals surface area contributed by atoms with Crippen molar-refractivity contribution >= 4 is 5.69 Å². The number of nitrogens with two attached hydrogens (primary N) is 1. The molecule has 0 amide bonds. The van der Waals surface area contributed by atoms with Crippen molar-refractivity contribution in [2.75, 3.05) is 7.11 Å². The van der Waals surface area contributed by atoms with Gasteiger partial charge in [0.2, 0.25) is 0 Å². The van der Waals surface area contributed by atoms with Gasteiger partial charge in [0.05, 0.1) is 29.2 Å². The molecule has 1 aliphatic rings. The van der Waals surface area contributed by atoms with Gasteiger partial charge in [-0.15, -0.1) is 0 Å². The molecule has 0 spiro atoms. The van der Waals surface area contributed by atoms with Crippen LogP contribution in [0.3, 0.4) is 0 Å². The molecule has 1 saturated carbocycles. The van der Waals surface area contributed by atoms with E-state index >= 15 is 0 Å². The van der Waals surface area contributed by atoms with Gasteiger partial charge in [-0.3, -0.25) is 10.1 Å². The zero-order valence-corrected chi connectivity index (χ0v) is 12.8. The van der Waals surface area contributed by atoms with Crippen LogP contribution >= 0.6 is 0 Å². The molecule has 23 heavy (non-hydrogen) atoms. The third kappa shape index (κ3) is 2.89. The quantitative estimate of drug-likeness (QED) is 0.680. The van der Waals surface area contributed by atoms with Crippen molar-refractivity contribution in [1.82, 2.24) is 10.1 Å². The van der Waals surface area contributed by atoms with Crippen LogP contribution in [0, 0.1) is 10.1 Å². The first kappa shape index (κ1) is 15.4. The molecule has 0 saturated heterocycles. The standard InChI is InChI=1S/C15H18N4O4/c1-22-12-9-10(19(20)21)5-6-11(12)13-17-14(18-23-13)15(16)7-3-2-4-8-15/h5-6,9H,2-4,7-8,16H2,1H3. The lowest BCUT2D eigenvalue weighted by molar-refractivity contribution is -0.384. The minimum atomic E-state index is -0.561. The smallest absolute Gasteiger partial charge is 0.273 e. The number of hydrogen-bond acceptors (Lipinski definition) is 7. The maximum Gasteiger partial charge on any atom is 0.273 e.